The fourth-order valence-electron chi connectivity index (χ4n) is 4.00. The molecule has 9 heteroatoms. The Morgan fingerprint density at radius 2 is 2.07 bits per heavy atom. The van der Waals surface area contributed by atoms with Gasteiger partial charge in [0.2, 0.25) is 10.0 Å². The molecule has 3 rings (SSSR count). The molecule has 0 radical (unpaired) electrons. The summed E-state index contributed by atoms with van der Waals surface area (Å²) in [5, 5.41) is 4.11. The van der Waals surface area contributed by atoms with Gasteiger partial charge in [-0.1, -0.05) is 17.3 Å². The molecule has 0 aliphatic carbocycles. The van der Waals surface area contributed by atoms with Gasteiger partial charge in [0, 0.05) is 25.9 Å². The Balaban J connectivity index is 1.76. The third kappa shape index (κ3) is 4.78. The highest BCUT2D eigenvalue weighted by Gasteiger charge is 2.48. The van der Waals surface area contributed by atoms with E-state index in [0.29, 0.717) is 37.9 Å². The molecule has 0 unspecified atom stereocenters. The van der Waals surface area contributed by atoms with Crippen LogP contribution in [0.5, 0.6) is 0 Å². The quantitative estimate of drug-likeness (QED) is 0.626. The number of nitrogens with zero attached hydrogens (tertiary/aromatic N) is 2. The molecule has 1 fully saturated rings. The van der Waals surface area contributed by atoms with E-state index in [9.17, 15) is 17.6 Å². The first-order chi connectivity index (χ1) is 13.8. The fraction of sp³-hybridized carbons (Fsp3) is 0.600. The predicted molar refractivity (Wildman–Crippen MR) is 106 cm³/mol. The van der Waals surface area contributed by atoms with Gasteiger partial charge in [-0.25, -0.2) is 17.1 Å². The van der Waals surface area contributed by atoms with E-state index in [4.69, 9.17) is 9.57 Å². The molecule has 0 N–H and O–H groups in total. The van der Waals surface area contributed by atoms with E-state index in [2.05, 4.69) is 5.16 Å². The number of rotatable bonds is 7. The SMILES string of the molecule is CCOC(=O)[C@@]1(C[C@H]2CC(c3ccc(F)cc3)=NO2)CCCN(S(=O)(=O)CC)C1. The van der Waals surface area contributed by atoms with Gasteiger partial charge in [-0.2, -0.15) is 0 Å². The first-order valence-corrected chi connectivity index (χ1v) is 11.5. The summed E-state index contributed by atoms with van der Waals surface area (Å²) < 4.78 is 44.7. The Labute approximate surface area is 170 Å². The second-order valence-corrected chi connectivity index (χ2v) is 9.78. The number of hydrogen-bond acceptors (Lipinski definition) is 6. The summed E-state index contributed by atoms with van der Waals surface area (Å²) in [4.78, 5) is 18.5. The minimum Gasteiger partial charge on any atom is -0.466 e. The van der Waals surface area contributed by atoms with Crippen LogP contribution in [-0.4, -0.2) is 56.0 Å². The van der Waals surface area contributed by atoms with E-state index in [-0.39, 0.29) is 30.8 Å². The van der Waals surface area contributed by atoms with Crippen molar-refractivity contribution in [2.45, 2.75) is 45.6 Å². The first kappa shape index (κ1) is 21.7. The number of piperidine rings is 1. The number of ether oxygens (including phenoxy) is 1. The second-order valence-electron chi connectivity index (χ2n) is 7.52. The molecule has 0 bridgehead atoms. The molecule has 1 saturated heterocycles. The molecule has 2 heterocycles. The highest BCUT2D eigenvalue weighted by atomic mass is 32.2. The van der Waals surface area contributed by atoms with Crippen LogP contribution in [0.3, 0.4) is 0 Å². The van der Waals surface area contributed by atoms with Gasteiger partial charge in [-0.05, 0) is 44.4 Å². The normalized spacial score (nSPS) is 25.3. The lowest BCUT2D eigenvalue weighted by molar-refractivity contribution is -0.160. The van der Waals surface area contributed by atoms with Crippen LogP contribution >= 0.6 is 0 Å². The molecule has 2 aliphatic rings. The lowest BCUT2D eigenvalue weighted by Crippen LogP contribution is -2.52. The second kappa shape index (κ2) is 8.79. The number of carbonyl (C=O) groups excluding carboxylic acids is 1. The number of benzene rings is 1. The molecule has 1 aromatic carbocycles. The van der Waals surface area contributed by atoms with Crippen molar-refractivity contribution in [3.05, 3.63) is 35.6 Å². The van der Waals surface area contributed by atoms with Crippen LogP contribution in [0, 0.1) is 11.2 Å². The molecular weight excluding hydrogens is 399 g/mol. The van der Waals surface area contributed by atoms with Crippen LogP contribution in [-0.2, 0) is 24.4 Å². The van der Waals surface area contributed by atoms with Gasteiger partial charge < -0.3 is 9.57 Å². The van der Waals surface area contributed by atoms with Crippen LogP contribution in [0.2, 0.25) is 0 Å². The maximum absolute atomic E-state index is 13.2. The van der Waals surface area contributed by atoms with Crippen LogP contribution in [0.25, 0.3) is 0 Å². The van der Waals surface area contributed by atoms with Crippen molar-refractivity contribution in [1.82, 2.24) is 4.31 Å². The van der Waals surface area contributed by atoms with Crippen molar-refractivity contribution in [1.29, 1.82) is 0 Å². The zero-order chi connectivity index (χ0) is 21.1. The molecular formula is C20H27FN2O5S. The van der Waals surface area contributed by atoms with Crippen molar-refractivity contribution in [2.24, 2.45) is 10.6 Å². The molecule has 1 aromatic rings. The third-order valence-electron chi connectivity index (χ3n) is 5.54. The van der Waals surface area contributed by atoms with Crippen molar-refractivity contribution < 1.29 is 27.2 Å². The standard InChI is InChI=1S/C20H27FN2O5S/c1-3-27-19(24)20(10-5-11-23(14-20)29(25,26)4-2)13-17-12-18(22-28-17)15-6-8-16(21)9-7-15/h6-9,17H,3-5,10-14H2,1-2H3/t17-,20-/m1/s1. The van der Waals surface area contributed by atoms with E-state index >= 15 is 0 Å². The van der Waals surface area contributed by atoms with E-state index in [1.807, 2.05) is 0 Å². The van der Waals surface area contributed by atoms with Crippen molar-refractivity contribution >= 4 is 21.7 Å². The van der Waals surface area contributed by atoms with Crippen molar-refractivity contribution in [3.8, 4) is 0 Å². The molecule has 0 saturated carbocycles. The fourth-order valence-corrected chi connectivity index (χ4v) is 5.21. The van der Waals surface area contributed by atoms with Crippen LogP contribution in [0.4, 0.5) is 4.39 Å². The topological polar surface area (TPSA) is 85.3 Å². The summed E-state index contributed by atoms with van der Waals surface area (Å²) in [5.41, 5.74) is 0.482. The van der Waals surface area contributed by atoms with Gasteiger partial charge >= 0.3 is 5.97 Å². The maximum atomic E-state index is 13.2. The summed E-state index contributed by atoms with van der Waals surface area (Å²) in [7, 11) is -3.41. The average molecular weight is 427 g/mol. The van der Waals surface area contributed by atoms with E-state index in [1.54, 1.807) is 26.0 Å². The lowest BCUT2D eigenvalue weighted by Gasteiger charge is -2.40. The zero-order valence-corrected chi connectivity index (χ0v) is 17.6. The number of hydrogen-bond donors (Lipinski definition) is 0. The van der Waals surface area contributed by atoms with Crippen LogP contribution in [0.15, 0.2) is 29.4 Å². The van der Waals surface area contributed by atoms with Gasteiger partial charge in [0.1, 0.15) is 11.9 Å². The average Bonchev–Trinajstić information content (AvgIpc) is 3.17. The van der Waals surface area contributed by atoms with E-state index < -0.39 is 21.4 Å². The first-order valence-electron chi connectivity index (χ1n) is 9.93. The van der Waals surface area contributed by atoms with Gasteiger partial charge in [0.05, 0.1) is 23.5 Å². The summed E-state index contributed by atoms with van der Waals surface area (Å²) in [6, 6.07) is 5.99. The summed E-state index contributed by atoms with van der Waals surface area (Å²) in [5.74, 6) is -0.732. The molecule has 0 spiro atoms. The van der Waals surface area contributed by atoms with E-state index in [1.165, 1.54) is 16.4 Å². The Bertz CT molecular complexity index is 871. The molecule has 0 amide bonds. The Kier molecular flexibility index (Phi) is 6.58. The minimum atomic E-state index is -3.41. The van der Waals surface area contributed by atoms with Crippen molar-refractivity contribution in [3.63, 3.8) is 0 Å². The van der Waals surface area contributed by atoms with Crippen LogP contribution in [0.1, 0.15) is 45.1 Å². The summed E-state index contributed by atoms with van der Waals surface area (Å²) in [6.07, 6.45) is 1.52. The Morgan fingerprint density at radius 3 is 2.72 bits per heavy atom. The zero-order valence-electron chi connectivity index (χ0n) is 16.8. The van der Waals surface area contributed by atoms with Gasteiger partial charge in [-0.15, -0.1) is 0 Å². The van der Waals surface area contributed by atoms with Gasteiger partial charge in [0.25, 0.3) is 0 Å². The van der Waals surface area contributed by atoms with Crippen LogP contribution < -0.4 is 0 Å². The Morgan fingerprint density at radius 1 is 1.34 bits per heavy atom. The largest absolute Gasteiger partial charge is 0.466 e. The third-order valence-corrected chi connectivity index (χ3v) is 7.37. The van der Waals surface area contributed by atoms with Crippen molar-refractivity contribution in [2.75, 3.05) is 25.4 Å². The molecule has 29 heavy (non-hydrogen) atoms. The molecule has 160 valence electrons. The number of esters is 1. The monoisotopic (exact) mass is 426 g/mol. The summed E-state index contributed by atoms with van der Waals surface area (Å²) >= 11 is 0. The molecule has 0 aromatic heterocycles. The minimum absolute atomic E-state index is 0.0103. The predicted octanol–water partition coefficient (Wildman–Crippen LogP) is 2.70. The number of halogens is 1. The molecule has 2 atom stereocenters. The van der Waals surface area contributed by atoms with E-state index in [0.717, 1.165) is 5.56 Å². The van der Waals surface area contributed by atoms with Gasteiger partial charge in [-0.3, -0.25) is 4.79 Å². The number of carbonyl (C=O) groups is 1. The van der Waals surface area contributed by atoms with Gasteiger partial charge in [0.15, 0.2) is 0 Å². The summed E-state index contributed by atoms with van der Waals surface area (Å²) in [6.45, 7) is 4.05. The Hall–Kier alpha value is -2.00. The lowest BCUT2D eigenvalue weighted by atomic mass is 9.75. The number of oxime groups is 1. The number of sulfonamides is 1. The molecule has 7 nitrogen and oxygen atoms in total. The highest BCUT2D eigenvalue weighted by molar-refractivity contribution is 7.89. The smallest absolute Gasteiger partial charge is 0.313 e. The highest BCUT2D eigenvalue weighted by Crippen LogP contribution is 2.39. The molecule has 2 aliphatic heterocycles. The maximum Gasteiger partial charge on any atom is 0.313 e.